The Morgan fingerprint density at radius 1 is 1.05 bits per heavy atom. The van der Waals surface area contributed by atoms with Crippen molar-refractivity contribution in [3.8, 4) is 22.7 Å². The van der Waals surface area contributed by atoms with Crippen molar-refractivity contribution >= 4 is 21.8 Å². The van der Waals surface area contributed by atoms with Crippen LogP contribution in [0.2, 0.25) is 0 Å². The zero-order valence-electron chi connectivity index (χ0n) is 21.6. The molecule has 0 amide bonds. The van der Waals surface area contributed by atoms with Crippen LogP contribution in [0.5, 0.6) is 0 Å². The molecular formula is C29H30N8O. The molecule has 9 heteroatoms. The molecule has 0 unspecified atom stereocenters. The van der Waals surface area contributed by atoms with Gasteiger partial charge < -0.3 is 8.98 Å². The second-order valence-corrected chi connectivity index (χ2v) is 10.2. The first kappa shape index (κ1) is 22.9. The van der Waals surface area contributed by atoms with E-state index in [4.69, 9.17) is 4.42 Å². The fraction of sp³-hybridized carbons (Fsp3) is 0.310. The zero-order chi connectivity index (χ0) is 25.6. The lowest BCUT2D eigenvalue weighted by Gasteiger charge is -2.30. The fourth-order valence-corrected chi connectivity index (χ4v) is 5.74. The van der Waals surface area contributed by atoms with Gasteiger partial charge in [-0.1, -0.05) is 18.2 Å². The van der Waals surface area contributed by atoms with Crippen molar-refractivity contribution in [2.24, 2.45) is 7.05 Å². The van der Waals surface area contributed by atoms with E-state index in [2.05, 4.69) is 85.5 Å². The number of likely N-dealkylation sites (tertiary alicyclic amines) is 1. The molecule has 9 nitrogen and oxygen atoms in total. The number of rotatable bonds is 6. The van der Waals surface area contributed by atoms with Gasteiger partial charge in [-0.15, -0.1) is 10.2 Å². The summed E-state index contributed by atoms with van der Waals surface area (Å²) in [5, 5.41) is 23.3. The van der Waals surface area contributed by atoms with Crippen molar-refractivity contribution in [2.45, 2.75) is 38.8 Å². The second-order valence-electron chi connectivity index (χ2n) is 10.2. The van der Waals surface area contributed by atoms with Gasteiger partial charge in [0, 0.05) is 66.5 Å². The third-order valence-corrected chi connectivity index (χ3v) is 7.71. The van der Waals surface area contributed by atoms with Crippen LogP contribution in [0.1, 0.15) is 37.1 Å². The Morgan fingerprint density at radius 2 is 1.97 bits per heavy atom. The Kier molecular flexibility index (Phi) is 5.58. The maximum Gasteiger partial charge on any atom is 0.247 e. The molecule has 38 heavy (non-hydrogen) atoms. The minimum Gasteiger partial charge on any atom is -0.420 e. The molecule has 192 valence electrons. The lowest BCUT2D eigenvalue weighted by atomic mass is 9.97. The summed E-state index contributed by atoms with van der Waals surface area (Å²) < 4.78 is 10.4. The molecule has 5 heterocycles. The van der Waals surface area contributed by atoms with Crippen LogP contribution >= 0.6 is 0 Å². The van der Waals surface area contributed by atoms with Gasteiger partial charge >= 0.3 is 0 Å². The number of piperidine rings is 1. The number of hydrogen-bond donors (Lipinski definition) is 1. The molecular weight excluding hydrogens is 476 g/mol. The summed E-state index contributed by atoms with van der Waals surface area (Å²) in [6.07, 6.45) is 8.29. The van der Waals surface area contributed by atoms with Crippen molar-refractivity contribution in [1.82, 2.24) is 39.6 Å². The molecule has 0 radical (unpaired) electrons. The van der Waals surface area contributed by atoms with Crippen LogP contribution < -0.4 is 0 Å². The van der Waals surface area contributed by atoms with E-state index in [-0.39, 0.29) is 5.92 Å². The average molecular weight is 507 g/mol. The van der Waals surface area contributed by atoms with Crippen LogP contribution in [0.25, 0.3) is 44.5 Å². The maximum absolute atomic E-state index is 6.27. The molecule has 0 saturated carbocycles. The Bertz CT molecular complexity index is 1740. The van der Waals surface area contributed by atoms with Crippen molar-refractivity contribution in [2.75, 3.05) is 13.1 Å². The average Bonchev–Trinajstić information content (AvgIpc) is 3.75. The highest BCUT2D eigenvalue weighted by Crippen LogP contribution is 2.33. The molecule has 7 rings (SSSR count). The van der Waals surface area contributed by atoms with Gasteiger partial charge in [-0.05, 0) is 56.1 Å². The van der Waals surface area contributed by atoms with Crippen molar-refractivity contribution in [3.63, 3.8) is 0 Å². The van der Waals surface area contributed by atoms with Crippen LogP contribution in [-0.4, -0.2) is 52.7 Å². The van der Waals surface area contributed by atoms with Gasteiger partial charge in [0.05, 0.1) is 17.6 Å². The van der Waals surface area contributed by atoms with E-state index in [0.29, 0.717) is 5.89 Å². The first-order chi connectivity index (χ1) is 18.7. The third kappa shape index (κ3) is 3.99. The number of benzene rings is 2. The first-order valence-corrected chi connectivity index (χ1v) is 13.3. The third-order valence-electron chi connectivity index (χ3n) is 7.71. The minimum absolute atomic E-state index is 0.230. The van der Waals surface area contributed by atoms with Crippen molar-refractivity contribution in [3.05, 3.63) is 72.5 Å². The molecule has 6 aromatic rings. The predicted octanol–water partition coefficient (Wildman–Crippen LogP) is 5.37. The van der Waals surface area contributed by atoms with Gasteiger partial charge in [0.2, 0.25) is 11.8 Å². The Labute approximate surface area is 220 Å². The van der Waals surface area contributed by atoms with Gasteiger partial charge in [0.1, 0.15) is 5.69 Å². The van der Waals surface area contributed by atoms with Crippen molar-refractivity contribution in [1.29, 1.82) is 0 Å². The highest BCUT2D eigenvalue weighted by atomic mass is 16.4. The van der Waals surface area contributed by atoms with Gasteiger partial charge in [0.15, 0.2) is 0 Å². The van der Waals surface area contributed by atoms with Crippen LogP contribution in [-0.2, 0) is 20.1 Å². The summed E-state index contributed by atoms with van der Waals surface area (Å²) in [5.41, 5.74) is 6.35. The van der Waals surface area contributed by atoms with Crippen LogP contribution in [0, 0.1) is 0 Å². The van der Waals surface area contributed by atoms with E-state index >= 15 is 0 Å². The van der Waals surface area contributed by atoms with Crippen LogP contribution in [0.4, 0.5) is 0 Å². The second kappa shape index (κ2) is 9.25. The van der Waals surface area contributed by atoms with E-state index in [1.807, 2.05) is 29.2 Å². The zero-order valence-corrected chi connectivity index (χ0v) is 21.6. The summed E-state index contributed by atoms with van der Waals surface area (Å²) in [6, 6.07) is 14.7. The topological polar surface area (TPSA) is 93.6 Å². The highest BCUT2D eigenvalue weighted by Gasteiger charge is 2.27. The SMILES string of the molecule is CCn1cc(-c2n[nH]c3ccc(-c4nnc([C@@H]5CCCN(Cc6cn(C)c7ccccc67)C5)o4)cc23)cn1. The van der Waals surface area contributed by atoms with Crippen LogP contribution in [0.15, 0.2) is 65.5 Å². The summed E-state index contributed by atoms with van der Waals surface area (Å²) in [7, 11) is 2.12. The smallest absolute Gasteiger partial charge is 0.247 e. The molecule has 1 fully saturated rings. The molecule has 4 aromatic heterocycles. The van der Waals surface area contributed by atoms with E-state index in [1.54, 1.807) is 0 Å². The molecule has 1 N–H and O–H groups in total. The summed E-state index contributed by atoms with van der Waals surface area (Å²) in [6.45, 7) is 5.80. The maximum atomic E-state index is 6.27. The number of aryl methyl sites for hydroxylation is 2. The standard InChI is InChI=1S/C29H30N8O/c1-3-37-18-21(14-30-37)27-24-13-19(10-11-25(24)31-32-27)28-33-34-29(38-28)20-7-6-12-36(16-20)17-22-15-35(2)26-9-5-4-8-23(22)26/h4-5,8-11,13-15,18,20H,3,6-7,12,16-17H2,1-2H3,(H,31,32)/t20-/m1/s1. The minimum atomic E-state index is 0.230. The normalized spacial score (nSPS) is 16.6. The molecule has 1 saturated heterocycles. The monoisotopic (exact) mass is 506 g/mol. The number of hydrogen-bond acceptors (Lipinski definition) is 6. The van der Waals surface area contributed by atoms with E-state index < -0.39 is 0 Å². The molecule has 0 spiro atoms. The van der Waals surface area contributed by atoms with Crippen LogP contribution in [0.3, 0.4) is 0 Å². The number of para-hydroxylation sites is 1. The largest absolute Gasteiger partial charge is 0.420 e. The number of H-pyrrole nitrogens is 1. The summed E-state index contributed by atoms with van der Waals surface area (Å²) >= 11 is 0. The molecule has 0 bridgehead atoms. The lowest BCUT2D eigenvalue weighted by Crippen LogP contribution is -2.34. The van der Waals surface area contributed by atoms with Gasteiger partial charge in [-0.25, -0.2) is 0 Å². The fourth-order valence-electron chi connectivity index (χ4n) is 5.74. The number of nitrogens with zero attached hydrogens (tertiary/aromatic N) is 7. The first-order valence-electron chi connectivity index (χ1n) is 13.3. The summed E-state index contributed by atoms with van der Waals surface area (Å²) in [4.78, 5) is 2.51. The molecule has 1 atom stereocenters. The van der Waals surface area contributed by atoms with E-state index in [0.717, 1.165) is 72.6 Å². The van der Waals surface area contributed by atoms with E-state index in [9.17, 15) is 0 Å². The number of nitrogens with one attached hydrogen (secondary N) is 1. The molecule has 2 aromatic carbocycles. The van der Waals surface area contributed by atoms with Crippen molar-refractivity contribution < 1.29 is 4.42 Å². The number of aromatic nitrogens is 7. The predicted molar refractivity (Wildman–Crippen MR) is 146 cm³/mol. The lowest BCUT2D eigenvalue weighted by molar-refractivity contribution is 0.187. The Hall–Kier alpha value is -4.24. The number of aromatic amines is 1. The van der Waals surface area contributed by atoms with Gasteiger partial charge in [-0.3, -0.25) is 14.7 Å². The highest BCUT2D eigenvalue weighted by molar-refractivity contribution is 5.94. The van der Waals surface area contributed by atoms with Gasteiger partial charge in [-0.2, -0.15) is 10.2 Å². The summed E-state index contributed by atoms with van der Waals surface area (Å²) in [5.74, 6) is 1.50. The quantitative estimate of drug-likeness (QED) is 0.327. The molecule has 1 aliphatic heterocycles. The molecule has 0 aliphatic carbocycles. The number of fused-ring (bicyclic) bond motifs is 2. The Balaban J connectivity index is 1.12. The van der Waals surface area contributed by atoms with E-state index in [1.165, 1.54) is 16.5 Å². The Morgan fingerprint density at radius 3 is 2.87 bits per heavy atom. The van der Waals surface area contributed by atoms with Gasteiger partial charge in [0.25, 0.3) is 0 Å². The molecule has 1 aliphatic rings.